The summed E-state index contributed by atoms with van der Waals surface area (Å²) in [6.07, 6.45) is 0.768. The lowest BCUT2D eigenvalue weighted by molar-refractivity contribution is -0.122. The molecule has 2 aliphatic rings. The van der Waals surface area contributed by atoms with Crippen LogP contribution in [0.1, 0.15) is 18.1 Å². The Hall–Kier alpha value is -3.16. The van der Waals surface area contributed by atoms with Gasteiger partial charge in [-0.1, -0.05) is 60.3 Å². The molecular weight excluding hydrogens is 474 g/mol. The third-order valence-electron chi connectivity index (χ3n) is 6.08. The number of anilines is 1. The van der Waals surface area contributed by atoms with E-state index in [1.54, 1.807) is 18.9 Å². The molecule has 0 N–H and O–H groups in total. The number of rotatable bonds is 6. The van der Waals surface area contributed by atoms with E-state index < -0.39 is 0 Å². The lowest BCUT2D eigenvalue weighted by Crippen LogP contribution is -2.32. The van der Waals surface area contributed by atoms with Crippen molar-refractivity contribution in [3.8, 4) is 5.75 Å². The van der Waals surface area contributed by atoms with E-state index in [0.717, 1.165) is 55.7 Å². The van der Waals surface area contributed by atoms with Crippen LogP contribution in [0.2, 0.25) is 0 Å². The first kappa shape index (κ1) is 23.6. The number of aliphatic imine (C=N–C) groups is 1. The van der Waals surface area contributed by atoms with Gasteiger partial charge in [-0.25, -0.2) is 4.99 Å². The third kappa shape index (κ3) is 4.70. The molecule has 0 aliphatic carbocycles. The number of thioether (sulfide) groups is 2. The lowest BCUT2D eigenvalue weighted by Gasteiger charge is -2.19. The highest BCUT2D eigenvalue weighted by Gasteiger charge is 2.39. The van der Waals surface area contributed by atoms with Crippen molar-refractivity contribution in [3.63, 3.8) is 0 Å². The third-order valence-corrected chi connectivity index (χ3v) is 8.46. The largest absolute Gasteiger partial charge is 0.497 e. The van der Waals surface area contributed by atoms with Gasteiger partial charge in [-0.3, -0.25) is 9.69 Å². The van der Waals surface area contributed by atoms with Crippen molar-refractivity contribution in [2.45, 2.75) is 25.2 Å². The SMILES string of the molecule is CCN1/C(=C2/SC(=Nc3ccccc3C)N(CCc3ccccc3)C2=O)Sc2ccc(OC)cc21. The summed E-state index contributed by atoms with van der Waals surface area (Å²) >= 11 is 3.12. The molecule has 178 valence electrons. The number of hydrogen-bond donors (Lipinski definition) is 0. The zero-order chi connectivity index (χ0) is 24.4. The average molecular weight is 502 g/mol. The molecule has 0 bridgehead atoms. The van der Waals surface area contributed by atoms with Crippen LogP contribution in [0.25, 0.3) is 0 Å². The van der Waals surface area contributed by atoms with Gasteiger partial charge in [-0.05, 0) is 61.4 Å². The highest BCUT2D eigenvalue weighted by atomic mass is 32.2. The molecular formula is C28H27N3O2S2. The monoisotopic (exact) mass is 501 g/mol. The quantitative estimate of drug-likeness (QED) is 0.356. The van der Waals surface area contributed by atoms with Crippen LogP contribution in [0.3, 0.4) is 0 Å². The first-order valence-corrected chi connectivity index (χ1v) is 13.3. The van der Waals surface area contributed by atoms with E-state index in [4.69, 9.17) is 9.73 Å². The number of carbonyl (C=O) groups is 1. The Bertz CT molecular complexity index is 1320. The molecule has 2 aliphatic heterocycles. The minimum Gasteiger partial charge on any atom is -0.497 e. The first-order chi connectivity index (χ1) is 17.1. The van der Waals surface area contributed by atoms with Crippen molar-refractivity contribution in [2.24, 2.45) is 4.99 Å². The molecule has 1 saturated heterocycles. The van der Waals surface area contributed by atoms with Gasteiger partial charge >= 0.3 is 0 Å². The molecule has 3 aromatic rings. The van der Waals surface area contributed by atoms with Crippen molar-refractivity contribution in [1.82, 2.24) is 4.90 Å². The molecule has 3 aromatic carbocycles. The number of para-hydroxylation sites is 1. The topological polar surface area (TPSA) is 45.1 Å². The van der Waals surface area contributed by atoms with E-state index in [-0.39, 0.29) is 5.91 Å². The van der Waals surface area contributed by atoms with Gasteiger partial charge in [0.25, 0.3) is 5.91 Å². The van der Waals surface area contributed by atoms with E-state index in [2.05, 4.69) is 30.0 Å². The summed E-state index contributed by atoms with van der Waals surface area (Å²) in [5.41, 5.74) is 4.25. The van der Waals surface area contributed by atoms with E-state index in [9.17, 15) is 4.79 Å². The molecule has 7 heteroatoms. The fraction of sp³-hybridized carbons (Fsp3) is 0.214. The van der Waals surface area contributed by atoms with Crippen molar-refractivity contribution in [2.75, 3.05) is 25.1 Å². The van der Waals surface area contributed by atoms with Crippen LogP contribution in [0, 0.1) is 6.92 Å². The number of amidine groups is 1. The summed E-state index contributed by atoms with van der Waals surface area (Å²) in [5.74, 6) is 0.824. The van der Waals surface area contributed by atoms with E-state index in [0.29, 0.717) is 6.54 Å². The Balaban J connectivity index is 1.53. The van der Waals surface area contributed by atoms with Gasteiger partial charge in [0.15, 0.2) is 5.17 Å². The van der Waals surface area contributed by atoms with Gasteiger partial charge in [-0.2, -0.15) is 0 Å². The zero-order valence-electron chi connectivity index (χ0n) is 20.0. The molecule has 1 amide bonds. The number of fused-ring (bicyclic) bond motifs is 1. The Morgan fingerprint density at radius 1 is 0.943 bits per heavy atom. The molecule has 0 unspecified atom stereocenters. The smallest absolute Gasteiger partial charge is 0.269 e. The lowest BCUT2D eigenvalue weighted by atomic mass is 10.1. The Morgan fingerprint density at radius 3 is 2.46 bits per heavy atom. The highest BCUT2D eigenvalue weighted by Crippen LogP contribution is 2.51. The van der Waals surface area contributed by atoms with Crippen molar-refractivity contribution in [1.29, 1.82) is 0 Å². The maximum Gasteiger partial charge on any atom is 0.269 e. The molecule has 0 saturated carbocycles. The second kappa shape index (κ2) is 10.2. The number of amides is 1. The summed E-state index contributed by atoms with van der Waals surface area (Å²) in [6, 6.07) is 24.4. The predicted molar refractivity (Wildman–Crippen MR) is 147 cm³/mol. The summed E-state index contributed by atoms with van der Waals surface area (Å²) in [7, 11) is 1.68. The molecule has 0 atom stereocenters. The fourth-order valence-electron chi connectivity index (χ4n) is 4.17. The minimum atomic E-state index is 0.0130. The number of carbonyl (C=O) groups excluding carboxylic acids is 1. The minimum absolute atomic E-state index is 0.0130. The second-order valence-corrected chi connectivity index (χ2v) is 10.3. The summed E-state index contributed by atoms with van der Waals surface area (Å²) in [4.78, 5) is 24.7. The molecule has 5 nitrogen and oxygen atoms in total. The molecule has 5 rings (SSSR count). The van der Waals surface area contributed by atoms with Crippen molar-refractivity contribution < 1.29 is 9.53 Å². The van der Waals surface area contributed by atoms with Gasteiger partial charge in [-0.15, -0.1) is 0 Å². The fourth-order valence-corrected chi connectivity index (χ4v) is 6.56. The van der Waals surface area contributed by atoms with Crippen LogP contribution in [-0.2, 0) is 11.2 Å². The Morgan fingerprint density at radius 2 is 1.71 bits per heavy atom. The van der Waals surface area contributed by atoms with Crippen LogP contribution in [0.5, 0.6) is 5.75 Å². The summed E-state index contributed by atoms with van der Waals surface area (Å²) in [5, 5.41) is 1.69. The molecule has 0 spiro atoms. The van der Waals surface area contributed by atoms with Crippen LogP contribution in [-0.4, -0.2) is 36.2 Å². The van der Waals surface area contributed by atoms with Crippen LogP contribution >= 0.6 is 23.5 Å². The maximum absolute atomic E-state index is 13.8. The highest BCUT2D eigenvalue weighted by molar-refractivity contribution is 8.19. The predicted octanol–water partition coefficient (Wildman–Crippen LogP) is 6.61. The van der Waals surface area contributed by atoms with Gasteiger partial charge in [0, 0.05) is 24.1 Å². The zero-order valence-corrected chi connectivity index (χ0v) is 21.7. The normalized spacial score (nSPS) is 18.5. The van der Waals surface area contributed by atoms with E-state index in [1.165, 1.54) is 17.3 Å². The average Bonchev–Trinajstić information content (AvgIpc) is 3.40. The number of methoxy groups -OCH3 is 1. The van der Waals surface area contributed by atoms with Gasteiger partial charge in [0.05, 0.1) is 18.5 Å². The molecule has 0 aromatic heterocycles. The van der Waals surface area contributed by atoms with E-state index >= 15 is 0 Å². The molecule has 2 heterocycles. The van der Waals surface area contributed by atoms with E-state index in [1.807, 2.05) is 66.4 Å². The number of ether oxygens (including phenoxy) is 1. The van der Waals surface area contributed by atoms with Gasteiger partial charge in [0.2, 0.25) is 0 Å². The van der Waals surface area contributed by atoms with Gasteiger partial charge < -0.3 is 9.64 Å². The summed E-state index contributed by atoms with van der Waals surface area (Å²) < 4.78 is 5.45. The van der Waals surface area contributed by atoms with Crippen LogP contribution < -0.4 is 9.64 Å². The standard InChI is InChI=1S/C28H27N3O2S2/c1-4-30-23-18-21(33-3)14-15-24(23)34-27(30)25-26(32)31(17-16-20-11-6-5-7-12-20)28(35-25)29-22-13-9-8-10-19(22)2/h5-15,18H,4,16-17H2,1-3H3/b27-25-,29-28?. The Kier molecular flexibility index (Phi) is 6.88. The maximum atomic E-state index is 13.8. The van der Waals surface area contributed by atoms with Crippen molar-refractivity contribution >= 4 is 46.0 Å². The molecule has 0 radical (unpaired) electrons. The molecule has 1 fully saturated rings. The number of nitrogens with zero attached hydrogens (tertiary/aromatic N) is 3. The number of benzene rings is 3. The summed E-state index contributed by atoms with van der Waals surface area (Å²) in [6.45, 7) is 5.49. The first-order valence-electron chi connectivity index (χ1n) is 11.6. The second-order valence-electron chi connectivity index (χ2n) is 8.29. The Labute approximate surface area is 214 Å². The van der Waals surface area contributed by atoms with Crippen LogP contribution in [0.15, 0.2) is 92.6 Å². The van der Waals surface area contributed by atoms with Crippen molar-refractivity contribution in [3.05, 3.63) is 93.9 Å². The van der Waals surface area contributed by atoms with Crippen LogP contribution in [0.4, 0.5) is 11.4 Å². The molecule has 35 heavy (non-hydrogen) atoms. The number of aryl methyl sites for hydroxylation is 1. The number of hydrogen-bond acceptors (Lipinski definition) is 6. The van der Waals surface area contributed by atoms with Gasteiger partial charge in [0.1, 0.15) is 15.7 Å².